The van der Waals surface area contributed by atoms with E-state index in [4.69, 9.17) is 9.47 Å². The number of rotatable bonds is 4. The molecule has 0 aliphatic rings. The Morgan fingerprint density at radius 1 is 0.833 bits per heavy atom. The average molecular weight is 278 g/mol. The predicted octanol–water partition coefficient (Wildman–Crippen LogP) is 4.91. The summed E-state index contributed by atoms with van der Waals surface area (Å²) in [5.74, 6) is 2.00. The first-order valence-corrected chi connectivity index (χ1v) is 7.78. The molecule has 0 aliphatic carbocycles. The SMILES string of the molecule is CCOc1c2ccsc2c(OCC)c2ccsc12. The number of benzene rings is 1. The van der Waals surface area contributed by atoms with Crippen molar-refractivity contribution in [2.75, 3.05) is 13.2 Å². The fourth-order valence-electron chi connectivity index (χ4n) is 2.15. The first kappa shape index (κ1) is 11.8. The van der Waals surface area contributed by atoms with Crippen LogP contribution in [0.1, 0.15) is 13.8 Å². The molecule has 0 saturated heterocycles. The Labute approximate surface area is 114 Å². The van der Waals surface area contributed by atoms with Gasteiger partial charge in [-0.3, -0.25) is 0 Å². The minimum atomic E-state index is 0.686. The van der Waals surface area contributed by atoms with Crippen LogP contribution in [0.15, 0.2) is 22.9 Å². The molecule has 0 N–H and O–H groups in total. The Morgan fingerprint density at radius 3 is 1.67 bits per heavy atom. The van der Waals surface area contributed by atoms with Crippen molar-refractivity contribution >= 4 is 42.8 Å². The van der Waals surface area contributed by atoms with Gasteiger partial charge in [0.15, 0.2) is 0 Å². The molecule has 0 amide bonds. The zero-order valence-electron chi connectivity index (χ0n) is 10.4. The summed E-state index contributed by atoms with van der Waals surface area (Å²) in [5, 5.41) is 6.53. The van der Waals surface area contributed by atoms with Crippen LogP contribution in [0, 0.1) is 0 Å². The van der Waals surface area contributed by atoms with Crippen LogP contribution in [-0.2, 0) is 0 Å². The molecule has 0 radical (unpaired) electrons. The van der Waals surface area contributed by atoms with Crippen molar-refractivity contribution in [3.05, 3.63) is 22.9 Å². The van der Waals surface area contributed by atoms with Crippen LogP contribution in [-0.4, -0.2) is 13.2 Å². The van der Waals surface area contributed by atoms with Crippen LogP contribution >= 0.6 is 22.7 Å². The van der Waals surface area contributed by atoms with Crippen molar-refractivity contribution in [2.24, 2.45) is 0 Å². The number of hydrogen-bond donors (Lipinski definition) is 0. The van der Waals surface area contributed by atoms with Gasteiger partial charge in [-0.15, -0.1) is 22.7 Å². The van der Waals surface area contributed by atoms with E-state index in [1.807, 2.05) is 13.8 Å². The number of ether oxygens (including phenoxy) is 2. The largest absolute Gasteiger partial charge is 0.492 e. The summed E-state index contributed by atoms with van der Waals surface area (Å²) in [6.07, 6.45) is 0. The molecule has 3 rings (SSSR count). The number of thiophene rings is 2. The zero-order chi connectivity index (χ0) is 12.5. The molecule has 0 atom stereocenters. The summed E-state index contributed by atoms with van der Waals surface area (Å²) in [6, 6.07) is 4.24. The maximum Gasteiger partial charge on any atom is 0.146 e. The molecule has 0 aliphatic heterocycles. The molecule has 94 valence electrons. The third-order valence-electron chi connectivity index (χ3n) is 2.81. The highest BCUT2D eigenvalue weighted by atomic mass is 32.1. The standard InChI is InChI=1S/C14H14O2S2/c1-3-15-11-9-5-7-18-14(9)12(16-4-2)10-6-8-17-13(10)11/h5-8H,3-4H2,1-2H3. The Kier molecular flexibility index (Phi) is 3.14. The third kappa shape index (κ3) is 1.68. The highest BCUT2D eigenvalue weighted by Gasteiger charge is 2.17. The van der Waals surface area contributed by atoms with Gasteiger partial charge in [0.05, 0.1) is 22.6 Å². The molecular formula is C14H14O2S2. The second-order valence-electron chi connectivity index (χ2n) is 3.85. The fourth-order valence-corrected chi connectivity index (χ4v) is 3.96. The molecule has 1 aromatic carbocycles. The van der Waals surface area contributed by atoms with E-state index in [1.165, 1.54) is 20.2 Å². The molecule has 3 aromatic rings. The van der Waals surface area contributed by atoms with Gasteiger partial charge in [0.25, 0.3) is 0 Å². The summed E-state index contributed by atoms with van der Waals surface area (Å²) < 4.78 is 14.1. The lowest BCUT2D eigenvalue weighted by molar-refractivity contribution is 0.343. The van der Waals surface area contributed by atoms with Crippen molar-refractivity contribution in [2.45, 2.75) is 13.8 Å². The zero-order valence-corrected chi connectivity index (χ0v) is 12.0. The van der Waals surface area contributed by atoms with Crippen molar-refractivity contribution in [3.8, 4) is 11.5 Å². The molecule has 18 heavy (non-hydrogen) atoms. The van der Waals surface area contributed by atoms with E-state index in [1.54, 1.807) is 22.7 Å². The summed E-state index contributed by atoms with van der Waals surface area (Å²) in [7, 11) is 0. The van der Waals surface area contributed by atoms with Crippen LogP contribution < -0.4 is 9.47 Å². The lowest BCUT2D eigenvalue weighted by atomic mass is 10.1. The summed E-state index contributed by atoms with van der Waals surface area (Å²) in [6.45, 7) is 5.42. The van der Waals surface area contributed by atoms with E-state index >= 15 is 0 Å². The van der Waals surface area contributed by atoms with Crippen molar-refractivity contribution in [1.82, 2.24) is 0 Å². The summed E-state index contributed by atoms with van der Waals surface area (Å²) in [4.78, 5) is 0. The Balaban J connectivity index is 2.40. The molecule has 0 bridgehead atoms. The van der Waals surface area contributed by atoms with Gasteiger partial charge in [0.1, 0.15) is 11.5 Å². The number of fused-ring (bicyclic) bond motifs is 2. The van der Waals surface area contributed by atoms with Gasteiger partial charge < -0.3 is 9.47 Å². The van der Waals surface area contributed by atoms with Gasteiger partial charge in [-0.25, -0.2) is 0 Å². The van der Waals surface area contributed by atoms with Gasteiger partial charge >= 0.3 is 0 Å². The monoisotopic (exact) mass is 278 g/mol. The lowest BCUT2D eigenvalue weighted by Crippen LogP contribution is -1.95. The van der Waals surface area contributed by atoms with Gasteiger partial charge in [0.2, 0.25) is 0 Å². The third-order valence-corrected chi connectivity index (χ3v) is 4.64. The van der Waals surface area contributed by atoms with Crippen molar-refractivity contribution in [3.63, 3.8) is 0 Å². The van der Waals surface area contributed by atoms with E-state index < -0.39 is 0 Å². The van der Waals surface area contributed by atoms with E-state index in [2.05, 4.69) is 22.9 Å². The lowest BCUT2D eigenvalue weighted by Gasteiger charge is -2.11. The normalized spacial score (nSPS) is 11.2. The number of hydrogen-bond acceptors (Lipinski definition) is 4. The highest BCUT2D eigenvalue weighted by molar-refractivity contribution is 7.19. The minimum Gasteiger partial charge on any atom is -0.492 e. The van der Waals surface area contributed by atoms with E-state index in [9.17, 15) is 0 Å². The van der Waals surface area contributed by atoms with Gasteiger partial charge in [0, 0.05) is 10.8 Å². The molecule has 0 saturated carbocycles. The van der Waals surface area contributed by atoms with E-state index in [0.717, 1.165) is 11.5 Å². The molecule has 2 heterocycles. The Morgan fingerprint density at radius 2 is 1.28 bits per heavy atom. The second kappa shape index (κ2) is 4.78. The molecule has 0 unspecified atom stereocenters. The van der Waals surface area contributed by atoms with Gasteiger partial charge in [-0.1, -0.05) is 0 Å². The first-order valence-electron chi connectivity index (χ1n) is 6.02. The fraction of sp³-hybridized carbons (Fsp3) is 0.286. The molecule has 0 fully saturated rings. The van der Waals surface area contributed by atoms with Crippen LogP contribution in [0.5, 0.6) is 11.5 Å². The smallest absolute Gasteiger partial charge is 0.146 e. The van der Waals surface area contributed by atoms with Crippen molar-refractivity contribution in [1.29, 1.82) is 0 Å². The second-order valence-corrected chi connectivity index (χ2v) is 5.68. The van der Waals surface area contributed by atoms with Crippen LogP contribution in [0.4, 0.5) is 0 Å². The first-order chi connectivity index (χ1) is 8.86. The summed E-state index contributed by atoms with van der Waals surface area (Å²) in [5.41, 5.74) is 0. The van der Waals surface area contributed by atoms with Crippen LogP contribution in [0.3, 0.4) is 0 Å². The maximum atomic E-state index is 5.84. The highest BCUT2D eigenvalue weighted by Crippen LogP contribution is 2.47. The molecule has 2 nitrogen and oxygen atoms in total. The maximum absolute atomic E-state index is 5.84. The molecule has 0 spiro atoms. The van der Waals surface area contributed by atoms with Crippen LogP contribution in [0.2, 0.25) is 0 Å². The van der Waals surface area contributed by atoms with Crippen LogP contribution in [0.25, 0.3) is 20.2 Å². The minimum absolute atomic E-state index is 0.686. The Bertz CT molecular complexity index is 575. The molecule has 4 heteroatoms. The van der Waals surface area contributed by atoms with Crippen molar-refractivity contribution < 1.29 is 9.47 Å². The average Bonchev–Trinajstić information content (AvgIpc) is 3.01. The van der Waals surface area contributed by atoms with E-state index in [0.29, 0.717) is 13.2 Å². The quantitative estimate of drug-likeness (QED) is 0.675. The topological polar surface area (TPSA) is 18.5 Å². The molecular weight excluding hydrogens is 264 g/mol. The summed E-state index contributed by atoms with van der Waals surface area (Å²) >= 11 is 3.42. The molecule has 2 aromatic heterocycles. The van der Waals surface area contributed by atoms with E-state index in [-0.39, 0.29) is 0 Å². The Hall–Kier alpha value is -1.26. The van der Waals surface area contributed by atoms with Gasteiger partial charge in [-0.2, -0.15) is 0 Å². The predicted molar refractivity (Wildman–Crippen MR) is 79.5 cm³/mol. The van der Waals surface area contributed by atoms with Gasteiger partial charge in [-0.05, 0) is 36.7 Å².